The summed E-state index contributed by atoms with van der Waals surface area (Å²) >= 11 is 6.10. The highest BCUT2D eigenvalue weighted by Gasteiger charge is 2.25. The minimum atomic E-state index is -2.88. The number of halogens is 1. The van der Waals surface area contributed by atoms with Crippen molar-refractivity contribution in [2.45, 2.75) is 19.8 Å². The fourth-order valence-electron chi connectivity index (χ4n) is 2.04. The van der Waals surface area contributed by atoms with Crippen molar-refractivity contribution < 1.29 is 8.42 Å². The third-order valence-corrected chi connectivity index (χ3v) is 4.95. The topological polar surface area (TPSA) is 63.2 Å². The molecule has 2 rings (SSSR count). The lowest BCUT2D eigenvalue weighted by Crippen LogP contribution is -2.41. The van der Waals surface area contributed by atoms with E-state index >= 15 is 0 Å². The Labute approximate surface area is 112 Å². The van der Waals surface area contributed by atoms with E-state index in [1.807, 2.05) is 18.7 Å². The summed E-state index contributed by atoms with van der Waals surface area (Å²) in [7, 11) is -2.88. The second-order valence-electron chi connectivity index (χ2n) is 4.70. The van der Waals surface area contributed by atoms with Crippen LogP contribution >= 0.6 is 11.6 Å². The van der Waals surface area contributed by atoms with Gasteiger partial charge in [-0.1, -0.05) is 25.4 Å². The lowest BCUT2D eigenvalue weighted by atomic mass is 10.1. The molecule has 0 aliphatic carbocycles. The summed E-state index contributed by atoms with van der Waals surface area (Å²) < 4.78 is 22.9. The van der Waals surface area contributed by atoms with Crippen LogP contribution in [0.2, 0.25) is 5.15 Å². The van der Waals surface area contributed by atoms with Gasteiger partial charge in [0, 0.05) is 18.7 Å². The van der Waals surface area contributed by atoms with Crippen molar-refractivity contribution >= 4 is 27.3 Å². The minimum Gasteiger partial charge on any atom is -0.354 e. The van der Waals surface area contributed by atoms with Crippen LogP contribution < -0.4 is 4.90 Å². The van der Waals surface area contributed by atoms with Gasteiger partial charge in [-0.25, -0.2) is 18.4 Å². The molecular formula is C11H16ClN3O2S. The van der Waals surface area contributed by atoms with E-state index in [1.165, 1.54) is 6.33 Å². The van der Waals surface area contributed by atoms with Gasteiger partial charge in [0.15, 0.2) is 9.84 Å². The van der Waals surface area contributed by atoms with E-state index in [0.717, 1.165) is 11.4 Å². The molecule has 1 aromatic rings. The maximum atomic E-state index is 11.4. The molecule has 0 saturated carbocycles. The molecule has 18 heavy (non-hydrogen) atoms. The quantitative estimate of drug-likeness (QED) is 0.772. The van der Waals surface area contributed by atoms with Crippen molar-refractivity contribution in [3.05, 3.63) is 17.0 Å². The molecule has 0 aromatic carbocycles. The smallest absolute Gasteiger partial charge is 0.153 e. The van der Waals surface area contributed by atoms with Crippen LogP contribution in [0.15, 0.2) is 6.33 Å². The molecule has 100 valence electrons. The molecule has 0 spiro atoms. The SMILES string of the molecule is CC(C)c1c(Cl)ncnc1N1CCS(=O)(=O)CC1. The molecule has 0 bridgehead atoms. The van der Waals surface area contributed by atoms with Crippen molar-refractivity contribution in [1.82, 2.24) is 9.97 Å². The van der Waals surface area contributed by atoms with Gasteiger partial charge in [-0.3, -0.25) is 0 Å². The van der Waals surface area contributed by atoms with E-state index in [0.29, 0.717) is 18.2 Å². The first-order valence-electron chi connectivity index (χ1n) is 5.86. The summed E-state index contributed by atoms with van der Waals surface area (Å²) in [6, 6.07) is 0. The predicted octanol–water partition coefficient (Wildman–Crippen LogP) is 1.49. The van der Waals surface area contributed by atoms with Gasteiger partial charge in [-0.05, 0) is 5.92 Å². The van der Waals surface area contributed by atoms with Crippen LogP contribution in [-0.4, -0.2) is 43.0 Å². The zero-order chi connectivity index (χ0) is 13.3. The Kier molecular flexibility index (Phi) is 3.77. The highest BCUT2D eigenvalue weighted by atomic mass is 35.5. The average Bonchev–Trinajstić information content (AvgIpc) is 2.28. The molecule has 1 saturated heterocycles. The standard InChI is InChI=1S/C11H16ClN3O2S/c1-8(2)9-10(12)13-7-14-11(9)15-3-5-18(16,17)6-4-15/h7-8H,3-6H2,1-2H3. The zero-order valence-electron chi connectivity index (χ0n) is 10.4. The van der Waals surface area contributed by atoms with E-state index in [1.54, 1.807) is 0 Å². The molecule has 7 heteroatoms. The maximum Gasteiger partial charge on any atom is 0.153 e. The van der Waals surface area contributed by atoms with Crippen LogP contribution in [0.3, 0.4) is 0 Å². The molecule has 1 aliphatic rings. The number of aromatic nitrogens is 2. The fraction of sp³-hybridized carbons (Fsp3) is 0.636. The maximum absolute atomic E-state index is 11.4. The first-order chi connectivity index (χ1) is 8.41. The van der Waals surface area contributed by atoms with E-state index in [-0.39, 0.29) is 17.4 Å². The Balaban J connectivity index is 2.32. The molecule has 0 amide bonds. The van der Waals surface area contributed by atoms with Gasteiger partial charge >= 0.3 is 0 Å². The zero-order valence-corrected chi connectivity index (χ0v) is 12.0. The van der Waals surface area contributed by atoms with Crippen LogP contribution in [-0.2, 0) is 9.84 Å². The van der Waals surface area contributed by atoms with Crippen LogP contribution in [0, 0.1) is 0 Å². The van der Waals surface area contributed by atoms with Crippen molar-refractivity contribution in [3.8, 4) is 0 Å². The van der Waals surface area contributed by atoms with Gasteiger partial charge in [0.1, 0.15) is 17.3 Å². The molecule has 0 atom stereocenters. The van der Waals surface area contributed by atoms with Crippen LogP contribution in [0.25, 0.3) is 0 Å². The highest BCUT2D eigenvalue weighted by molar-refractivity contribution is 7.91. The van der Waals surface area contributed by atoms with Gasteiger partial charge in [-0.15, -0.1) is 0 Å². The molecule has 1 aliphatic heterocycles. The highest BCUT2D eigenvalue weighted by Crippen LogP contribution is 2.31. The number of nitrogens with zero attached hydrogens (tertiary/aromatic N) is 3. The van der Waals surface area contributed by atoms with Crippen LogP contribution in [0.1, 0.15) is 25.3 Å². The van der Waals surface area contributed by atoms with E-state index < -0.39 is 9.84 Å². The summed E-state index contributed by atoms with van der Waals surface area (Å²) in [6.07, 6.45) is 1.42. The largest absolute Gasteiger partial charge is 0.354 e. The first-order valence-corrected chi connectivity index (χ1v) is 8.06. The Bertz CT molecular complexity index is 531. The van der Waals surface area contributed by atoms with Gasteiger partial charge in [0.05, 0.1) is 11.5 Å². The number of anilines is 1. The molecule has 1 fully saturated rings. The third kappa shape index (κ3) is 2.75. The second-order valence-corrected chi connectivity index (χ2v) is 7.36. The monoisotopic (exact) mass is 289 g/mol. The van der Waals surface area contributed by atoms with Crippen molar-refractivity contribution in [2.24, 2.45) is 0 Å². The van der Waals surface area contributed by atoms with Crippen molar-refractivity contribution in [2.75, 3.05) is 29.5 Å². The first kappa shape index (κ1) is 13.5. The van der Waals surface area contributed by atoms with Crippen molar-refractivity contribution in [3.63, 3.8) is 0 Å². The van der Waals surface area contributed by atoms with Gasteiger partial charge in [0.2, 0.25) is 0 Å². The minimum absolute atomic E-state index is 0.173. The second kappa shape index (κ2) is 5.01. The lowest BCUT2D eigenvalue weighted by molar-refractivity contribution is 0.586. The number of hydrogen-bond acceptors (Lipinski definition) is 5. The molecule has 2 heterocycles. The third-order valence-electron chi connectivity index (χ3n) is 3.04. The normalized spacial score (nSPS) is 19.2. The molecule has 1 aromatic heterocycles. The number of sulfone groups is 1. The molecule has 0 unspecified atom stereocenters. The van der Waals surface area contributed by atoms with E-state index in [9.17, 15) is 8.42 Å². The summed E-state index contributed by atoms with van der Waals surface area (Å²) in [5.74, 6) is 1.31. The lowest BCUT2D eigenvalue weighted by Gasteiger charge is -2.30. The van der Waals surface area contributed by atoms with Gasteiger partial charge in [0.25, 0.3) is 0 Å². The number of hydrogen-bond donors (Lipinski definition) is 0. The summed E-state index contributed by atoms with van der Waals surface area (Å²) in [4.78, 5) is 10.2. The Morgan fingerprint density at radius 2 is 1.89 bits per heavy atom. The summed E-state index contributed by atoms with van der Waals surface area (Å²) in [5.41, 5.74) is 0.887. The average molecular weight is 290 g/mol. The van der Waals surface area contributed by atoms with E-state index in [4.69, 9.17) is 11.6 Å². The predicted molar refractivity (Wildman–Crippen MR) is 72.0 cm³/mol. The summed E-state index contributed by atoms with van der Waals surface area (Å²) in [6.45, 7) is 4.98. The molecule has 0 radical (unpaired) electrons. The molecule has 5 nitrogen and oxygen atoms in total. The van der Waals surface area contributed by atoms with E-state index in [2.05, 4.69) is 9.97 Å². The van der Waals surface area contributed by atoms with Gasteiger partial charge in [-0.2, -0.15) is 0 Å². The van der Waals surface area contributed by atoms with Crippen molar-refractivity contribution in [1.29, 1.82) is 0 Å². The molecular weight excluding hydrogens is 274 g/mol. The van der Waals surface area contributed by atoms with Crippen LogP contribution in [0.5, 0.6) is 0 Å². The Hall–Kier alpha value is -0.880. The van der Waals surface area contributed by atoms with Gasteiger partial charge < -0.3 is 4.90 Å². The number of rotatable bonds is 2. The Morgan fingerprint density at radius 1 is 1.28 bits per heavy atom. The molecule has 0 N–H and O–H groups in total. The summed E-state index contributed by atoms with van der Waals surface area (Å²) in [5, 5.41) is 0.448. The fourth-order valence-corrected chi connectivity index (χ4v) is 3.59. The Morgan fingerprint density at radius 3 is 2.44 bits per heavy atom. The van der Waals surface area contributed by atoms with Crippen LogP contribution in [0.4, 0.5) is 5.82 Å².